The van der Waals surface area contributed by atoms with E-state index in [-0.39, 0.29) is 44.7 Å². The van der Waals surface area contributed by atoms with Crippen molar-refractivity contribution < 1.29 is 48.2 Å². The zero-order valence-corrected chi connectivity index (χ0v) is 19.4. The van der Waals surface area contributed by atoms with Gasteiger partial charge >= 0.3 is 11.9 Å². The lowest BCUT2D eigenvalue weighted by Gasteiger charge is -2.29. The van der Waals surface area contributed by atoms with Crippen molar-refractivity contribution in [1.82, 2.24) is 9.96 Å². The first kappa shape index (κ1) is 26.7. The smallest absolute Gasteiger partial charge is 0.351 e. The molecule has 34 heavy (non-hydrogen) atoms. The molecule has 13 heteroatoms. The molecule has 0 bridgehead atoms. The molecule has 0 unspecified atom stereocenters. The van der Waals surface area contributed by atoms with Crippen LogP contribution in [0.25, 0.3) is 0 Å². The Morgan fingerprint density at radius 1 is 1.06 bits per heavy atom. The molecule has 0 aromatic rings. The number of hydrogen-bond acceptors (Lipinski definition) is 11. The second kappa shape index (κ2) is 11.6. The van der Waals surface area contributed by atoms with Gasteiger partial charge in [0.1, 0.15) is 19.2 Å². The van der Waals surface area contributed by atoms with Crippen LogP contribution < -0.4 is 5.11 Å². The molecule has 0 spiro atoms. The standard InChI is InChI=1S/C21H29N3O10/c1-21(2,3)33-20(31)22-9-8-15(27)23(12-18(30)34-24-10-4-5-16(24)28)11-17(29)32-19-13(25)6-7-14(19)26/h19H,4-12H2,1-3H3,(H,22,31)/p-1. The summed E-state index contributed by atoms with van der Waals surface area (Å²) in [5.74, 6) is -4.28. The van der Waals surface area contributed by atoms with Gasteiger partial charge in [0.25, 0.3) is 5.91 Å². The van der Waals surface area contributed by atoms with E-state index in [1.54, 1.807) is 20.8 Å². The second-order valence-corrected chi connectivity index (χ2v) is 8.73. The Hall–Kier alpha value is -3.51. The fraction of sp³-hybridized carbons (Fsp3) is 0.667. The zero-order chi connectivity index (χ0) is 25.5. The normalized spacial score (nSPS) is 17.2. The van der Waals surface area contributed by atoms with Crippen molar-refractivity contribution in [3.05, 3.63) is 0 Å². The van der Waals surface area contributed by atoms with Crippen molar-refractivity contribution in [2.24, 2.45) is 4.99 Å². The first-order chi connectivity index (χ1) is 15.9. The van der Waals surface area contributed by atoms with Gasteiger partial charge in [0.2, 0.25) is 12.0 Å². The van der Waals surface area contributed by atoms with Gasteiger partial charge in [0, 0.05) is 37.8 Å². The molecule has 1 heterocycles. The van der Waals surface area contributed by atoms with E-state index in [4.69, 9.17) is 14.3 Å². The number of hydroxylamine groups is 2. The number of carbonyl (C=O) groups is 6. The molecule has 0 aromatic heterocycles. The number of ketones is 2. The minimum atomic E-state index is -1.53. The van der Waals surface area contributed by atoms with E-state index in [9.17, 15) is 33.9 Å². The molecule has 1 aliphatic heterocycles. The van der Waals surface area contributed by atoms with Crippen LogP contribution in [0.5, 0.6) is 0 Å². The summed E-state index contributed by atoms with van der Waals surface area (Å²) in [6, 6.07) is 0. The van der Waals surface area contributed by atoms with Crippen LogP contribution in [0.4, 0.5) is 0 Å². The molecular formula is C21H28N3O10-. The number of rotatable bonds is 9. The summed E-state index contributed by atoms with van der Waals surface area (Å²) in [6.07, 6.45) is -2.11. The van der Waals surface area contributed by atoms with Crippen LogP contribution in [-0.4, -0.2) is 89.3 Å². The second-order valence-electron chi connectivity index (χ2n) is 8.73. The van der Waals surface area contributed by atoms with Crippen LogP contribution in [0.15, 0.2) is 4.99 Å². The van der Waals surface area contributed by atoms with Gasteiger partial charge in [0.05, 0.1) is 6.54 Å². The number of aliphatic imine (C=N–C) groups is 1. The molecule has 188 valence electrons. The van der Waals surface area contributed by atoms with Gasteiger partial charge in [-0.2, -0.15) is 5.06 Å². The highest BCUT2D eigenvalue weighted by Crippen LogP contribution is 2.15. The Morgan fingerprint density at radius 3 is 2.24 bits per heavy atom. The highest BCUT2D eigenvalue weighted by atomic mass is 16.7. The van der Waals surface area contributed by atoms with Gasteiger partial charge in [0.15, 0.2) is 11.6 Å². The van der Waals surface area contributed by atoms with E-state index in [2.05, 4.69) is 4.99 Å². The first-order valence-corrected chi connectivity index (χ1v) is 10.8. The Bertz CT molecular complexity index is 861. The van der Waals surface area contributed by atoms with Crippen LogP contribution in [-0.2, 0) is 43.1 Å². The largest absolute Gasteiger partial charge is 0.595 e. The monoisotopic (exact) mass is 482 g/mol. The van der Waals surface area contributed by atoms with Gasteiger partial charge in [-0.3, -0.25) is 29.0 Å². The summed E-state index contributed by atoms with van der Waals surface area (Å²) in [7, 11) is 0. The van der Waals surface area contributed by atoms with Gasteiger partial charge in [-0.25, -0.2) is 4.79 Å². The summed E-state index contributed by atoms with van der Waals surface area (Å²) in [5.41, 5.74) is -0.772. The number of Topliss-reactive ketones (excluding diaryl/α,β-unsaturated/α-hetero) is 2. The summed E-state index contributed by atoms with van der Waals surface area (Å²) in [5, 5.41) is 12.6. The van der Waals surface area contributed by atoms with Crippen molar-refractivity contribution >= 4 is 41.4 Å². The Morgan fingerprint density at radius 2 is 1.68 bits per heavy atom. The predicted molar refractivity (Wildman–Crippen MR) is 111 cm³/mol. The lowest BCUT2D eigenvalue weighted by Crippen LogP contribution is -2.43. The number of esters is 1. The molecular weight excluding hydrogens is 454 g/mol. The fourth-order valence-electron chi connectivity index (χ4n) is 3.10. The lowest BCUT2D eigenvalue weighted by molar-refractivity contribution is -0.260. The molecule has 0 radical (unpaired) electrons. The summed E-state index contributed by atoms with van der Waals surface area (Å²) in [6.45, 7) is 3.41. The average Bonchev–Trinajstić information content (AvgIpc) is 3.25. The van der Waals surface area contributed by atoms with E-state index < -0.39 is 60.3 Å². The molecule has 2 fully saturated rings. The van der Waals surface area contributed by atoms with Crippen molar-refractivity contribution in [1.29, 1.82) is 0 Å². The third-order valence-electron chi connectivity index (χ3n) is 4.65. The molecule has 1 aliphatic carbocycles. The SMILES string of the molecule is CC(C)(C)OC([O-])=NCCC(=O)N(CC(=O)OC1C(=O)CCC1=O)CC(=O)ON1CCCC1=O. The lowest BCUT2D eigenvalue weighted by atomic mass is 10.2. The fourth-order valence-corrected chi connectivity index (χ4v) is 3.10. The molecule has 13 nitrogen and oxygen atoms in total. The Kier molecular flexibility index (Phi) is 9.10. The highest BCUT2D eigenvalue weighted by molar-refractivity contribution is 6.12. The predicted octanol–water partition coefficient (Wildman–Crippen LogP) is -1.34. The quantitative estimate of drug-likeness (QED) is 0.166. The van der Waals surface area contributed by atoms with Crippen LogP contribution in [0, 0.1) is 0 Å². The van der Waals surface area contributed by atoms with Crippen molar-refractivity contribution in [3.63, 3.8) is 0 Å². The molecule has 1 saturated heterocycles. The minimum Gasteiger partial charge on any atom is -0.595 e. The van der Waals surface area contributed by atoms with Crippen molar-refractivity contribution in [2.45, 2.75) is 64.6 Å². The third-order valence-corrected chi connectivity index (χ3v) is 4.65. The highest BCUT2D eigenvalue weighted by Gasteiger charge is 2.37. The maximum absolute atomic E-state index is 12.6. The third kappa shape index (κ3) is 8.45. The van der Waals surface area contributed by atoms with Crippen LogP contribution in [0.1, 0.15) is 52.9 Å². The molecule has 2 aliphatic rings. The zero-order valence-electron chi connectivity index (χ0n) is 19.4. The molecule has 1 saturated carbocycles. The maximum atomic E-state index is 12.6. The topological polar surface area (TPSA) is 172 Å². The first-order valence-electron chi connectivity index (χ1n) is 10.8. The maximum Gasteiger partial charge on any atom is 0.351 e. The molecule has 0 atom stereocenters. The Balaban J connectivity index is 2.00. The average molecular weight is 482 g/mol. The minimum absolute atomic E-state index is 0.0399. The van der Waals surface area contributed by atoms with Gasteiger partial charge < -0.3 is 24.3 Å². The molecule has 2 amide bonds. The summed E-state index contributed by atoms with van der Waals surface area (Å²) >= 11 is 0. The summed E-state index contributed by atoms with van der Waals surface area (Å²) in [4.78, 5) is 81.5. The Labute approximate surface area is 195 Å². The molecule has 2 rings (SSSR count). The van der Waals surface area contributed by atoms with E-state index in [0.717, 1.165) is 9.96 Å². The van der Waals surface area contributed by atoms with Crippen molar-refractivity contribution in [3.8, 4) is 0 Å². The molecule has 0 N–H and O–H groups in total. The summed E-state index contributed by atoms with van der Waals surface area (Å²) < 4.78 is 9.91. The van der Waals surface area contributed by atoms with E-state index in [0.29, 0.717) is 6.42 Å². The van der Waals surface area contributed by atoms with Crippen molar-refractivity contribution in [2.75, 3.05) is 26.2 Å². The molecule has 0 aromatic carbocycles. The van der Waals surface area contributed by atoms with E-state index >= 15 is 0 Å². The number of ether oxygens (including phenoxy) is 2. The van der Waals surface area contributed by atoms with Crippen LogP contribution >= 0.6 is 0 Å². The van der Waals surface area contributed by atoms with E-state index in [1.165, 1.54) is 0 Å². The van der Waals surface area contributed by atoms with Crippen LogP contribution in [0.3, 0.4) is 0 Å². The number of amides is 2. The van der Waals surface area contributed by atoms with Gasteiger partial charge in [-0.05, 0) is 6.42 Å². The van der Waals surface area contributed by atoms with Crippen LogP contribution in [0.2, 0.25) is 0 Å². The van der Waals surface area contributed by atoms with Gasteiger partial charge in [-0.1, -0.05) is 20.8 Å². The number of nitrogens with zero attached hydrogens (tertiary/aromatic N) is 3. The van der Waals surface area contributed by atoms with Gasteiger partial charge in [-0.15, -0.1) is 0 Å². The number of hydrogen-bond donors (Lipinski definition) is 0. The van der Waals surface area contributed by atoms with E-state index in [1.807, 2.05) is 0 Å². The number of carbonyl (C=O) groups excluding carboxylic acids is 6.